The van der Waals surface area contributed by atoms with Gasteiger partial charge in [0.1, 0.15) is 17.2 Å². The van der Waals surface area contributed by atoms with Gasteiger partial charge in [0.2, 0.25) is 0 Å². The van der Waals surface area contributed by atoms with Crippen LogP contribution in [0.25, 0.3) is 17.2 Å². The lowest BCUT2D eigenvalue weighted by Crippen LogP contribution is -2.21. The van der Waals surface area contributed by atoms with E-state index in [2.05, 4.69) is 17.1 Å². The molecule has 1 aromatic carbocycles. The molecule has 3 aromatic rings. The van der Waals surface area contributed by atoms with Crippen molar-refractivity contribution in [1.29, 1.82) is 0 Å². The van der Waals surface area contributed by atoms with Crippen LogP contribution in [0.4, 0.5) is 5.82 Å². The van der Waals surface area contributed by atoms with Gasteiger partial charge in [-0.05, 0) is 54.5 Å². The minimum Gasteiger partial charge on any atom is -0.481 e. The van der Waals surface area contributed by atoms with Crippen molar-refractivity contribution >= 4 is 40.6 Å². The number of carboxylic acid groups (broad SMARTS) is 1. The molecule has 0 saturated heterocycles. The number of hydrogen-bond acceptors (Lipinski definition) is 4. The zero-order chi connectivity index (χ0) is 20.1. The summed E-state index contributed by atoms with van der Waals surface area (Å²) in [5.74, 6) is 0.648. The summed E-state index contributed by atoms with van der Waals surface area (Å²) in [5.41, 5.74) is 11.2. The van der Waals surface area contributed by atoms with E-state index in [1.165, 1.54) is 0 Å². The first-order chi connectivity index (χ1) is 14.0. The molecule has 2 aliphatic carbocycles. The predicted molar refractivity (Wildman–Crippen MR) is 113 cm³/mol. The van der Waals surface area contributed by atoms with Crippen LogP contribution in [-0.4, -0.2) is 25.4 Å². The maximum atomic E-state index is 11.3. The van der Waals surface area contributed by atoms with Crippen molar-refractivity contribution in [2.24, 2.45) is 5.92 Å². The van der Waals surface area contributed by atoms with Crippen LogP contribution in [0, 0.1) is 5.92 Å². The molecule has 6 nitrogen and oxygen atoms in total. The molecule has 7 heteroatoms. The summed E-state index contributed by atoms with van der Waals surface area (Å²) in [5, 5.41) is 10.1. The van der Waals surface area contributed by atoms with Crippen molar-refractivity contribution < 1.29 is 9.90 Å². The van der Waals surface area contributed by atoms with E-state index in [1.807, 2.05) is 22.7 Å². The second kappa shape index (κ2) is 6.88. The van der Waals surface area contributed by atoms with Crippen molar-refractivity contribution in [3.05, 3.63) is 58.3 Å². The molecule has 5 rings (SSSR count). The number of benzene rings is 1. The Labute approximate surface area is 173 Å². The molecule has 0 aliphatic heterocycles. The monoisotopic (exact) mass is 408 g/mol. The standard InChI is InChI=1S/C22H21ClN4O2/c23-17-3-1-2-14-10-15(11-16(14)17)18-19-20(24)25-8-9-27(19)21(26-18)12-4-6-13(7-5-12)22(28)29/h1-3,8-10,12-13H,4-7,11H2,(H2,24,25)(H,28,29)/t12-,13-. The van der Waals surface area contributed by atoms with Crippen molar-refractivity contribution in [1.82, 2.24) is 14.4 Å². The van der Waals surface area contributed by atoms with Gasteiger partial charge < -0.3 is 10.8 Å². The normalized spacial score (nSPS) is 21.2. The molecule has 3 N–H and O–H groups in total. The predicted octanol–water partition coefficient (Wildman–Crippen LogP) is 4.42. The fraction of sp³-hybridized carbons (Fsp3) is 0.318. The first kappa shape index (κ1) is 18.2. The number of aromatic nitrogens is 3. The number of nitrogens with zero attached hydrogens (tertiary/aromatic N) is 3. The van der Waals surface area contributed by atoms with E-state index >= 15 is 0 Å². The van der Waals surface area contributed by atoms with Crippen LogP contribution in [0.1, 0.15) is 54.2 Å². The molecule has 1 saturated carbocycles. The highest BCUT2D eigenvalue weighted by molar-refractivity contribution is 6.32. The summed E-state index contributed by atoms with van der Waals surface area (Å²) in [7, 11) is 0. The maximum Gasteiger partial charge on any atom is 0.306 e. The van der Waals surface area contributed by atoms with E-state index in [-0.39, 0.29) is 11.8 Å². The Balaban J connectivity index is 1.57. The Morgan fingerprint density at radius 1 is 1.24 bits per heavy atom. The molecule has 0 radical (unpaired) electrons. The fourth-order valence-electron chi connectivity index (χ4n) is 4.68. The summed E-state index contributed by atoms with van der Waals surface area (Å²) in [4.78, 5) is 20.6. The number of anilines is 1. The topological polar surface area (TPSA) is 93.5 Å². The highest BCUT2D eigenvalue weighted by atomic mass is 35.5. The average Bonchev–Trinajstić information content (AvgIpc) is 3.31. The van der Waals surface area contributed by atoms with Crippen molar-refractivity contribution in [2.75, 3.05) is 5.73 Å². The van der Waals surface area contributed by atoms with E-state index in [4.69, 9.17) is 22.3 Å². The van der Waals surface area contributed by atoms with Gasteiger partial charge in [-0.15, -0.1) is 0 Å². The first-order valence-electron chi connectivity index (χ1n) is 9.86. The highest BCUT2D eigenvalue weighted by Gasteiger charge is 2.31. The van der Waals surface area contributed by atoms with Crippen LogP contribution in [0.3, 0.4) is 0 Å². The van der Waals surface area contributed by atoms with Gasteiger partial charge in [0.25, 0.3) is 0 Å². The smallest absolute Gasteiger partial charge is 0.306 e. The van der Waals surface area contributed by atoms with Crippen LogP contribution in [0.2, 0.25) is 5.02 Å². The Kier molecular flexibility index (Phi) is 4.32. The summed E-state index contributed by atoms with van der Waals surface area (Å²) in [6.07, 6.45) is 9.39. The number of carbonyl (C=O) groups is 1. The molecule has 0 atom stereocenters. The van der Waals surface area contributed by atoms with Gasteiger partial charge in [0.15, 0.2) is 0 Å². The molecule has 0 unspecified atom stereocenters. The molecule has 148 valence electrons. The Morgan fingerprint density at radius 2 is 2.03 bits per heavy atom. The zero-order valence-electron chi connectivity index (χ0n) is 15.8. The zero-order valence-corrected chi connectivity index (χ0v) is 16.6. The SMILES string of the molecule is Nc1nccn2c1c(C1=Cc3cccc(Cl)c3C1)nc2[C@H]1CC[C@H](C(=O)O)CC1. The number of rotatable bonds is 3. The van der Waals surface area contributed by atoms with Gasteiger partial charge in [0, 0.05) is 29.8 Å². The number of nitrogens with two attached hydrogens (primary N) is 1. The summed E-state index contributed by atoms with van der Waals surface area (Å²) < 4.78 is 2.04. The van der Waals surface area contributed by atoms with E-state index in [9.17, 15) is 9.90 Å². The molecule has 2 aliphatic rings. The second-order valence-electron chi connectivity index (χ2n) is 7.89. The second-order valence-corrected chi connectivity index (χ2v) is 8.30. The molecular formula is C22H21ClN4O2. The van der Waals surface area contributed by atoms with Gasteiger partial charge in [0.05, 0.1) is 11.6 Å². The van der Waals surface area contributed by atoms with Crippen LogP contribution in [0.15, 0.2) is 30.6 Å². The highest BCUT2D eigenvalue weighted by Crippen LogP contribution is 2.41. The van der Waals surface area contributed by atoms with E-state index in [1.54, 1.807) is 6.20 Å². The van der Waals surface area contributed by atoms with Crippen molar-refractivity contribution in [2.45, 2.75) is 38.0 Å². The lowest BCUT2D eigenvalue weighted by Gasteiger charge is -2.25. The van der Waals surface area contributed by atoms with Crippen LogP contribution < -0.4 is 5.73 Å². The summed E-state index contributed by atoms with van der Waals surface area (Å²) in [6, 6.07) is 5.92. The average molecular weight is 409 g/mol. The van der Waals surface area contributed by atoms with Gasteiger partial charge >= 0.3 is 5.97 Å². The third kappa shape index (κ3) is 2.99. The summed E-state index contributed by atoms with van der Waals surface area (Å²) >= 11 is 6.39. The molecule has 1 fully saturated rings. The van der Waals surface area contributed by atoms with Gasteiger partial charge in [-0.25, -0.2) is 9.97 Å². The Bertz CT molecular complexity index is 1160. The van der Waals surface area contributed by atoms with E-state index in [0.29, 0.717) is 25.1 Å². The maximum absolute atomic E-state index is 11.3. The molecule has 2 aromatic heterocycles. The number of carboxylic acids is 1. The summed E-state index contributed by atoms with van der Waals surface area (Å²) in [6.45, 7) is 0. The number of allylic oxidation sites excluding steroid dienone is 1. The lowest BCUT2D eigenvalue weighted by atomic mass is 9.81. The van der Waals surface area contributed by atoms with Crippen molar-refractivity contribution in [3.63, 3.8) is 0 Å². The molecular weight excluding hydrogens is 388 g/mol. The minimum atomic E-state index is -0.698. The Hall–Kier alpha value is -2.86. The number of imidazole rings is 1. The van der Waals surface area contributed by atoms with Gasteiger partial charge in [-0.1, -0.05) is 23.7 Å². The van der Waals surface area contributed by atoms with Gasteiger partial charge in [-0.2, -0.15) is 0 Å². The first-order valence-corrected chi connectivity index (χ1v) is 10.2. The minimum absolute atomic E-state index is 0.210. The quantitative estimate of drug-likeness (QED) is 0.669. The molecule has 29 heavy (non-hydrogen) atoms. The third-order valence-corrected chi connectivity index (χ3v) is 6.56. The number of hydrogen-bond donors (Lipinski definition) is 2. The lowest BCUT2D eigenvalue weighted by molar-refractivity contribution is -0.142. The Morgan fingerprint density at radius 3 is 2.76 bits per heavy atom. The molecule has 0 spiro atoms. The van der Waals surface area contributed by atoms with Crippen LogP contribution in [-0.2, 0) is 11.2 Å². The largest absolute Gasteiger partial charge is 0.481 e. The number of aliphatic carboxylic acids is 1. The fourth-order valence-corrected chi connectivity index (χ4v) is 4.92. The number of fused-ring (bicyclic) bond motifs is 2. The van der Waals surface area contributed by atoms with Gasteiger partial charge in [-0.3, -0.25) is 9.20 Å². The molecule has 0 amide bonds. The van der Waals surface area contributed by atoms with Crippen LogP contribution in [0.5, 0.6) is 0 Å². The molecule has 0 bridgehead atoms. The third-order valence-electron chi connectivity index (χ3n) is 6.21. The molecule has 2 heterocycles. The number of nitrogen functional groups attached to an aromatic ring is 1. The van der Waals surface area contributed by atoms with Crippen molar-refractivity contribution in [3.8, 4) is 0 Å². The van der Waals surface area contributed by atoms with Crippen LogP contribution >= 0.6 is 11.6 Å². The number of halogens is 1. The van der Waals surface area contributed by atoms with E-state index in [0.717, 1.165) is 51.6 Å². The van der Waals surface area contributed by atoms with E-state index < -0.39 is 5.97 Å².